The summed E-state index contributed by atoms with van der Waals surface area (Å²) in [6.45, 7) is 3.93. The Morgan fingerprint density at radius 3 is 2.78 bits per heavy atom. The van der Waals surface area contributed by atoms with E-state index in [0.717, 1.165) is 12.1 Å². The number of rotatable bonds is 6. The summed E-state index contributed by atoms with van der Waals surface area (Å²) in [5.74, 6) is 1.15. The highest BCUT2D eigenvalue weighted by atomic mass is 16.2. The van der Waals surface area contributed by atoms with Gasteiger partial charge in [0.05, 0.1) is 5.56 Å². The second-order valence-electron chi connectivity index (χ2n) is 7.15. The third-order valence-electron chi connectivity index (χ3n) is 5.30. The fourth-order valence-electron chi connectivity index (χ4n) is 3.44. The van der Waals surface area contributed by atoms with Crippen LogP contribution < -0.4 is 10.2 Å². The maximum Gasteiger partial charge on any atom is 0.326 e. The average Bonchev–Trinajstić information content (AvgIpc) is 3.49. The van der Waals surface area contributed by atoms with E-state index in [-0.39, 0.29) is 11.9 Å². The van der Waals surface area contributed by atoms with Crippen molar-refractivity contribution in [2.75, 3.05) is 18.0 Å². The molecule has 3 amide bonds. The molecule has 1 saturated heterocycles. The smallest absolute Gasteiger partial charge is 0.326 e. The van der Waals surface area contributed by atoms with E-state index >= 15 is 0 Å². The van der Waals surface area contributed by atoms with Crippen LogP contribution in [0.4, 0.5) is 10.6 Å². The van der Waals surface area contributed by atoms with Gasteiger partial charge in [-0.25, -0.2) is 9.78 Å². The Morgan fingerprint density at radius 1 is 1.26 bits per heavy atom. The normalized spacial score (nSPS) is 17.9. The van der Waals surface area contributed by atoms with E-state index in [1.54, 1.807) is 29.4 Å². The van der Waals surface area contributed by atoms with Crippen LogP contribution in [0.15, 0.2) is 42.9 Å². The topological polar surface area (TPSA) is 78.4 Å². The quantitative estimate of drug-likeness (QED) is 0.853. The molecule has 0 bridgehead atoms. The summed E-state index contributed by atoms with van der Waals surface area (Å²) in [7, 11) is 0. The van der Waals surface area contributed by atoms with Crippen LogP contribution in [-0.2, 0) is 6.54 Å². The molecule has 2 fully saturated rings. The van der Waals surface area contributed by atoms with Gasteiger partial charge < -0.3 is 10.2 Å². The zero-order chi connectivity index (χ0) is 18.8. The Bertz CT molecular complexity index is 820. The largest absolute Gasteiger partial charge is 0.348 e. The molecule has 2 aliphatic rings. The predicted molar refractivity (Wildman–Crippen MR) is 101 cm³/mol. The van der Waals surface area contributed by atoms with Crippen LogP contribution in [0.25, 0.3) is 0 Å². The number of hydrogen-bond acceptors (Lipinski definition) is 4. The maximum atomic E-state index is 12.7. The van der Waals surface area contributed by atoms with Crippen molar-refractivity contribution in [2.24, 2.45) is 5.92 Å². The van der Waals surface area contributed by atoms with E-state index in [4.69, 9.17) is 0 Å². The van der Waals surface area contributed by atoms with Gasteiger partial charge in [0.25, 0.3) is 5.91 Å². The minimum atomic E-state index is -0.174. The number of pyridine rings is 2. The van der Waals surface area contributed by atoms with E-state index < -0.39 is 0 Å². The summed E-state index contributed by atoms with van der Waals surface area (Å²) < 4.78 is 0. The summed E-state index contributed by atoms with van der Waals surface area (Å²) in [4.78, 5) is 36.8. The first-order chi connectivity index (χ1) is 13.1. The van der Waals surface area contributed by atoms with Gasteiger partial charge in [-0.2, -0.15) is 0 Å². The number of carbonyl (C=O) groups is 2. The predicted octanol–water partition coefficient (Wildman–Crippen LogP) is 2.45. The first kappa shape index (κ1) is 17.5. The zero-order valence-corrected chi connectivity index (χ0v) is 15.3. The van der Waals surface area contributed by atoms with Crippen LogP contribution in [0.5, 0.6) is 0 Å². The molecule has 0 aromatic carbocycles. The summed E-state index contributed by atoms with van der Waals surface area (Å²) in [6.07, 6.45) is 7.32. The second kappa shape index (κ2) is 7.34. The van der Waals surface area contributed by atoms with Crippen molar-refractivity contribution in [3.8, 4) is 0 Å². The van der Waals surface area contributed by atoms with E-state index in [1.807, 2.05) is 17.0 Å². The van der Waals surface area contributed by atoms with Crippen LogP contribution in [0.3, 0.4) is 0 Å². The minimum absolute atomic E-state index is 0.0412. The van der Waals surface area contributed by atoms with Gasteiger partial charge in [0.2, 0.25) is 0 Å². The minimum Gasteiger partial charge on any atom is -0.348 e. The van der Waals surface area contributed by atoms with Gasteiger partial charge in [-0.1, -0.05) is 6.07 Å². The van der Waals surface area contributed by atoms with Gasteiger partial charge in [0.1, 0.15) is 5.82 Å². The third-order valence-corrected chi connectivity index (χ3v) is 5.30. The molecule has 1 aliphatic carbocycles. The van der Waals surface area contributed by atoms with E-state index in [1.165, 1.54) is 19.0 Å². The van der Waals surface area contributed by atoms with Crippen molar-refractivity contribution >= 4 is 17.8 Å². The monoisotopic (exact) mass is 365 g/mol. The van der Waals surface area contributed by atoms with Crippen molar-refractivity contribution in [1.29, 1.82) is 0 Å². The lowest BCUT2D eigenvalue weighted by molar-refractivity contribution is 0.0950. The van der Waals surface area contributed by atoms with Crippen LogP contribution >= 0.6 is 0 Å². The summed E-state index contributed by atoms with van der Waals surface area (Å²) in [5.41, 5.74) is 1.40. The molecule has 3 heterocycles. The molecule has 1 aliphatic heterocycles. The molecule has 7 nitrogen and oxygen atoms in total. The van der Waals surface area contributed by atoms with Crippen molar-refractivity contribution in [3.05, 3.63) is 54.0 Å². The highest BCUT2D eigenvalue weighted by Gasteiger charge is 2.39. The van der Waals surface area contributed by atoms with E-state index in [0.29, 0.717) is 36.4 Å². The lowest BCUT2D eigenvalue weighted by atomic mass is 10.2. The number of aromatic nitrogens is 2. The zero-order valence-electron chi connectivity index (χ0n) is 15.3. The van der Waals surface area contributed by atoms with Crippen molar-refractivity contribution in [3.63, 3.8) is 0 Å². The lowest BCUT2D eigenvalue weighted by Crippen LogP contribution is -2.39. The first-order valence-electron chi connectivity index (χ1n) is 9.35. The van der Waals surface area contributed by atoms with Gasteiger partial charge in [0, 0.05) is 44.3 Å². The number of anilines is 1. The Labute approximate surface area is 158 Å². The fraction of sp³-hybridized carbons (Fsp3) is 0.400. The average molecular weight is 365 g/mol. The molecule has 1 saturated carbocycles. The van der Waals surface area contributed by atoms with Crippen molar-refractivity contribution in [1.82, 2.24) is 20.2 Å². The molecular formula is C20H23N5O2. The number of nitrogens with one attached hydrogen (secondary N) is 1. The first-order valence-corrected chi connectivity index (χ1v) is 9.35. The molecule has 140 valence electrons. The summed E-state index contributed by atoms with van der Waals surface area (Å²) in [5, 5.41) is 2.85. The number of nitrogens with zero attached hydrogens (tertiary/aromatic N) is 4. The standard InChI is InChI=1S/C20H23N5O2/c1-14(16-5-6-16)24-9-10-25(20(24)27)18-7-4-15(11-22-18)12-23-19(26)17-3-2-8-21-13-17/h2-4,7-8,11,13-14,16H,5-6,9-10,12H2,1H3,(H,23,26)/t14-/m0/s1. The molecule has 1 atom stereocenters. The van der Waals surface area contributed by atoms with Gasteiger partial charge in [0.15, 0.2) is 0 Å². The van der Waals surface area contributed by atoms with E-state index in [9.17, 15) is 9.59 Å². The number of hydrogen-bond donors (Lipinski definition) is 1. The highest BCUT2D eigenvalue weighted by Crippen LogP contribution is 2.36. The highest BCUT2D eigenvalue weighted by molar-refractivity contribution is 5.94. The van der Waals surface area contributed by atoms with Crippen molar-refractivity contribution < 1.29 is 9.59 Å². The van der Waals surface area contributed by atoms with E-state index in [2.05, 4.69) is 22.2 Å². The molecular weight excluding hydrogens is 342 g/mol. The maximum absolute atomic E-state index is 12.7. The Morgan fingerprint density at radius 2 is 2.11 bits per heavy atom. The Balaban J connectivity index is 1.35. The second-order valence-corrected chi connectivity index (χ2v) is 7.15. The van der Waals surface area contributed by atoms with Crippen LogP contribution in [0.2, 0.25) is 0 Å². The molecule has 0 unspecified atom stereocenters. The Hall–Kier alpha value is -2.96. The molecule has 0 radical (unpaired) electrons. The third kappa shape index (κ3) is 3.77. The number of amides is 3. The molecule has 2 aromatic rings. The number of urea groups is 1. The van der Waals surface area contributed by atoms with Crippen molar-refractivity contribution in [2.45, 2.75) is 32.4 Å². The van der Waals surface area contributed by atoms with Gasteiger partial charge in [-0.05, 0) is 49.4 Å². The molecule has 2 aromatic heterocycles. The van der Waals surface area contributed by atoms with Crippen LogP contribution in [-0.4, -0.2) is 45.9 Å². The molecule has 1 N–H and O–H groups in total. The summed E-state index contributed by atoms with van der Waals surface area (Å²) >= 11 is 0. The van der Waals surface area contributed by atoms with Crippen LogP contribution in [0.1, 0.15) is 35.7 Å². The van der Waals surface area contributed by atoms with Crippen LogP contribution in [0, 0.1) is 5.92 Å². The van der Waals surface area contributed by atoms with Gasteiger partial charge in [-0.15, -0.1) is 0 Å². The SMILES string of the molecule is C[C@@H](C1CC1)N1CCN(c2ccc(CNC(=O)c3cccnc3)cn2)C1=O. The Kier molecular flexibility index (Phi) is 4.75. The molecule has 4 rings (SSSR count). The number of carbonyl (C=O) groups excluding carboxylic acids is 2. The molecule has 0 spiro atoms. The fourth-order valence-corrected chi connectivity index (χ4v) is 3.44. The molecule has 27 heavy (non-hydrogen) atoms. The summed E-state index contributed by atoms with van der Waals surface area (Å²) in [6, 6.07) is 7.54. The van der Waals surface area contributed by atoms with Gasteiger partial charge >= 0.3 is 6.03 Å². The molecule has 7 heteroatoms. The van der Waals surface area contributed by atoms with Gasteiger partial charge in [-0.3, -0.25) is 14.7 Å². The lowest BCUT2D eigenvalue weighted by Gasteiger charge is -2.24.